The van der Waals surface area contributed by atoms with Crippen molar-refractivity contribution in [2.45, 2.75) is 48.6 Å². The summed E-state index contributed by atoms with van der Waals surface area (Å²) in [5.41, 5.74) is 2.28. The Morgan fingerprint density at radius 1 is 1.22 bits per heavy atom. The van der Waals surface area contributed by atoms with E-state index in [0.29, 0.717) is 34.5 Å². The predicted molar refractivity (Wildman–Crippen MR) is 124 cm³/mol. The van der Waals surface area contributed by atoms with Crippen molar-refractivity contribution in [1.82, 2.24) is 14.5 Å². The van der Waals surface area contributed by atoms with Gasteiger partial charge in [0.1, 0.15) is 0 Å². The summed E-state index contributed by atoms with van der Waals surface area (Å²) >= 11 is 7.79. The highest BCUT2D eigenvalue weighted by molar-refractivity contribution is 7.99. The van der Waals surface area contributed by atoms with Gasteiger partial charge >= 0.3 is 0 Å². The fourth-order valence-electron chi connectivity index (χ4n) is 4.91. The quantitative estimate of drug-likeness (QED) is 0.611. The maximum Gasteiger partial charge on any atom is 0.257 e. The molecule has 1 aromatic heterocycles. The number of rotatable bonds is 3. The Bertz CT molecular complexity index is 1240. The first-order valence-electron chi connectivity index (χ1n) is 10.9. The normalized spacial score (nSPS) is 24.1. The predicted octanol–water partition coefficient (Wildman–Crippen LogP) is 2.81. The molecule has 2 aromatic rings. The van der Waals surface area contributed by atoms with Gasteiger partial charge in [-0.1, -0.05) is 41.6 Å². The SMILES string of the molecule is O=C(CC1CSc2nc3c(c(=O)n21)CCC3)N1CCC(c2ccccc2Cl)S(=O)(=O)CC1. The number of thioether (sulfide) groups is 1. The van der Waals surface area contributed by atoms with Gasteiger partial charge in [0.15, 0.2) is 15.0 Å². The molecule has 2 aliphatic heterocycles. The summed E-state index contributed by atoms with van der Waals surface area (Å²) in [6.07, 6.45) is 3.03. The van der Waals surface area contributed by atoms with Crippen molar-refractivity contribution in [3.63, 3.8) is 0 Å². The van der Waals surface area contributed by atoms with Crippen LogP contribution in [0.25, 0.3) is 0 Å². The molecule has 0 radical (unpaired) electrons. The van der Waals surface area contributed by atoms with Crippen molar-refractivity contribution < 1.29 is 13.2 Å². The topological polar surface area (TPSA) is 89.3 Å². The van der Waals surface area contributed by atoms with E-state index < -0.39 is 15.1 Å². The van der Waals surface area contributed by atoms with Crippen molar-refractivity contribution in [3.05, 3.63) is 56.5 Å². The molecular weight excluding hydrogens is 470 g/mol. The minimum absolute atomic E-state index is 0.0115. The molecule has 1 aliphatic carbocycles. The number of carbonyl (C=O) groups excluding carboxylic acids is 1. The van der Waals surface area contributed by atoms with E-state index in [9.17, 15) is 18.0 Å². The second kappa shape index (κ2) is 8.50. The van der Waals surface area contributed by atoms with Gasteiger partial charge in [0, 0.05) is 35.8 Å². The standard InChI is InChI=1S/C22H24ClN3O4S2/c23-17-6-2-1-4-15(17)19-8-9-25(10-11-32(19,29)30)20(27)12-14-13-31-22-24-18-7-3-5-16(18)21(28)26(14)22/h1-2,4,6,14,19H,3,5,7-13H2. The molecular formula is C22H24ClN3O4S2. The van der Waals surface area contributed by atoms with E-state index in [1.54, 1.807) is 33.7 Å². The number of amides is 1. The molecule has 0 saturated carbocycles. The molecule has 1 aromatic carbocycles. The van der Waals surface area contributed by atoms with Gasteiger partial charge in [0.2, 0.25) is 5.91 Å². The van der Waals surface area contributed by atoms with Crippen molar-refractivity contribution in [3.8, 4) is 0 Å². The van der Waals surface area contributed by atoms with Crippen molar-refractivity contribution in [2.75, 3.05) is 24.6 Å². The smallest absolute Gasteiger partial charge is 0.257 e. The molecule has 1 fully saturated rings. The molecule has 170 valence electrons. The van der Waals surface area contributed by atoms with Crippen LogP contribution in [0.2, 0.25) is 5.02 Å². The van der Waals surface area contributed by atoms with Crippen LogP contribution in [0.5, 0.6) is 0 Å². The number of fused-ring (bicyclic) bond motifs is 2. The Balaban J connectivity index is 1.33. The van der Waals surface area contributed by atoms with Crippen molar-refractivity contribution in [1.29, 1.82) is 0 Å². The molecule has 7 nitrogen and oxygen atoms in total. The molecule has 10 heteroatoms. The van der Waals surface area contributed by atoms with Gasteiger partial charge < -0.3 is 4.90 Å². The van der Waals surface area contributed by atoms with E-state index in [-0.39, 0.29) is 36.2 Å². The Kier molecular flexibility index (Phi) is 5.84. The second-order valence-electron chi connectivity index (χ2n) is 8.56. The van der Waals surface area contributed by atoms with Crippen LogP contribution in [0.15, 0.2) is 34.2 Å². The van der Waals surface area contributed by atoms with E-state index in [4.69, 9.17) is 11.6 Å². The molecule has 0 N–H and O–H groups in total. The molecule has 5 rings (SSSR count). The zero-order valence-corrected chi connectivity index (χ0v) is 19.9. The zero-order chi connectivity index (χ0) is 22.5. The van der Waals surface area contributed by atoms with Gasteiger partial charge in [-0.05, 0) is 37.3 Å². The molecule has 1 saturated heterocycles. The molecule has 1 amide bonds. The fraction of sp³-hybridized carbons (Fsp3) is 0.500. The van der Waals surface area contributed by atoms with Crippen molar-refractivity contribution >= 4 is 39.1 Å². The maximum absolute atomic E-state index is 13.1. The molecule has 2 atom stereocenters. The first-order chi connectivity index (χ1) is 15.3. The Labute approximate surface area is 196 Å². The third-order valence-electron chi connectivity index (χ3n) is 6.63. The lowest BCUT2D eigenvalue weighted by atomic mass is 10.1. The van der Waals surface area contributed by atoms with Gasteiger partial charge in [-0.3, -0.25) is 14.2 Å². The molecule has 32 heavy (non-hydrogen) atoms. The zero-order valence-electron chi connectivity index (χ0n) is 17.5. The highest BCUT2D eigenvalue weighted by Gasteiger charge is 2.36. The summed E-state index contributed by atoms with van der Waals surface area (Å²) in [5, 5.41) is 0.414. The summed E-state index contributed by atoms with van der Waals surface area (Å²) in [5.74, 6) is 0.413. The number of aryl methyl sites for hydroxylation is 1. The highest BCUT2D eigenvalue weighted by atomic mass is 35.5. The van der Waals surface area contributed by atoms with E-state index in [1.165, 1.54) is 11.8 Å². The van der Waals surface area contributed by atoms with Gasteiger partial charge in [-0.2, -0.15) is 0 Å². The lowest BCUT2D eigenvalue weighted by Gasteiger charge is -2.22. The largest absolute Gasteiger partial charge is 0.342 e. The van der Waals surface area contributed by atoms with Gasteiger partial charge in [-0.25, -0.2) is 13.4 Å². The van der Waals surface area contributed by atoms with Crippen LogP contribution >= 0.6 is 23.4 Å². The molecule has 0 bridgehead atoms. The monoisotopic (exact) mass is 493 g/mol. The number of halogens is 1. The average molecular weight is 494 g/mol. The number of carbonyl (C=O) groups is 1. The van der Waals surface area contributed by atoms with E-state index in [1.807, 2.05) is 0 Å². The number of hydrogen-bond donors (Lipinski definition) is 0. The second-order valence-corrected chi connectivity index (χ2v) is 12.3. The average Bonchev–Trinajstić information content (AvgIpc) is 3.35. The Hall–Kier alpha value is -1.84. The van der Waals surface area contributed by atoms with E-state index in [0.717, 1.165) is 30.5 Å². The summed E-state index contributed by atoms with van der Waals surface area (Å²) < 4.78 is 27.5. The van der Waals surface area contributed by atoms with E-state index in [2.05, 4.69) is 4.98 Å². The van der Waals surface area contributed by atoms with Crippen molar-refractivity contribution in [2.24, 2.45) is 0 Å². The van der Waals surface area contributed by atoms with Crippen LogP contribution in [0.3, 0.4) is 0 Å². The van der Waals surface area contributed by atoms with Crippen LogP contribution in [0, 0.1) is 0 Å². The summed E-state index contributed by atoms with van der Waals surface area (Å²) in [7, 11) is -3.44. The summed E-state index contributed by atoms with van der Waals surface area (Å²) in [6.45, 7) is 0.504. The van der Waals surface area contributed by atoms with Crippen LogP contribution in [0.4, 0.5) is 0 Å². The van der Waals surface area contributed by atoms with E-state index >= 15 is 0 Å². The Morgan fingerprint density at radius 3 is 2.84 bits per heavy atom. The summed E-state index contributed by atoms with van der Waals surface area (Å²) in [4.78, 5) is 32.4. The lowest BCUT2D eigenvalue weighted by molar-refractivity contribution is -0.131. The number of sulfone groups is 1. The van der Waals surface area contributed by atoms with Crippen LogP contribution in [-0.2, 0) is 27.5 Å². The van der Waals surface area contributed by atoms with Gasteiger partial charge in [-0.15, -0.1) is 0 Å². The minimum Gasteiger partial charge on any atom is -0.342 e. The van der Waals surface area contributed by atoms with Gasteiger partial charge in [0.25, 0.3) is 5.56 Å². The molecule has 0 spiro atoms. The third kappa shape index (κ3) is 3.88. The number of hydrogen-bond acceptors (Lipinski definition) is 6. The van der Waals surface area contributed by atoms with Crippen LogP contribution in [-0.4, -0.2) is 53.4 Å². The minimum atomic E-state index is -3.44. The highest BCUT2D eigenvalue weighted by Crippen LogP contribution is 2.36. The molecule has 3 heterocycles. The maximum atomic E-state index is 13.1. The third-order valence-corrected chi connectivity index (χ3v) is 10.2. The number of nitrogens with zero attached hydrogens (tertiary/aromatic N) is 3. The number of aromatic nitrogens is 2. The van der Waals surface area contributed by atoms with Gasteiger partial charge in [0.05, 0.1) is 22.7 Å². The first kappa shape index (κ1) is 22.0. The molecule has 2 unspecified atom stereocenters. The summed E-state index contributed by atoms with van der Waals surface area (Å²) in [6, 6.07) is 6.74. The van der Waals surface area contributed by atoms with Crippen LogP contribution in [0.1, 0.15) is 47.4 Å². The first-order valence-corrected chi connectivity index (χ1v) is 13.9. The fourth-order valence-corrected chi connectivity index (χ4v) is 8.21. The molecule has 3 aliphatic rings. The lowest BCUT2D eigenvalue weighted by Crippen LogP contribution is -2.36. The number of benzene rings is 1. The van der Waals surface area contributed by atoms with Crippen LogP contribution < -0.4 is 5.56 Å². The Morgan fingerprint density at radius 2 is 2.03 bits per heavy atom.